The maximum atomic E-state index is 11.5. The van der Waals surface area contributed by atoms with Crippen molar-refractivity contribution in [2.75, 3.05) is 24.2 Å². The molecule has 0 heterocycles. The lowest BCUT2D eigenvalue weighted by molar-refractivity contribution is 0.311. The van der Waals surface area contributed by atoms with Gasteiger partial charge >= 0.3 is 0 Å². The van der Waals surface area contributed by atoms with Gasteiger partial charge < -0.3 is 10.4 Å². The van der Waals surface area contributed by atoms with E-state index >= 15 is 0 Å². The maximum absolute atomic E-state index is 11.5. The van der Waals surface area contributed by atoms with Crippen molar-refractivity contribution in [2.45, 2.75) is 11.8 Å². The average molecular weight is 229 g/mol. The predicted molar refractivity (Wildman–Crippen MR) is 59.7 cm³/mol. The first-order valence-corrected chi connectivity index (χ1v) is 6.43. The average Bonchev–Trinajstić information content (AvgIpc) is 2.27. The molecule has 84 valence electrons. The molecule has 0 aliphatic carbocycles. The standard InChI is InChI=1S/C10H15NO3S/c1-2-15(13,14)10-5-3-9(4-6-10)11-7-8-12/h3-6,11-12H,2,7-8H2,1H3. The Morgan fingerprint density at radius 3 is 2.33 bits per heavy atom. The monoisotopic (exact) mass is 229 g/mol. The number of benzene rings is 1. The molecule has 0 aliphatic heterocycles. The third-order valence-corrected chi connectivity index (χ3v) is 3.78. The van der Waals surface area contributed by atoms with Gasteiger partial charge in [-0.1, -0.05) is 6.92 Å². The van der Waals surface area contributed by atoms with Gasteiger partial charge in [0.25, 0.3) is 0 Å². The van der Waals surface area contributed by atoms with Gasteiger partial charge in [0.2, 0.25) is 0 Å². The topological polar surface area (TPSA) is 66.4 Å². The Morgan fingerprint density at radius 1 is 1.27 bits per heavy atom. The first-order chi connectivity index (χ1) is 7.10. The highest BCUT2D eigenvalue weighted by atomic mass is 32.2. The number of anilines is 1. The van der Waals surface area contributed by atoms with Crippen LogP contribution in [0, 0.1) is 0 Å². The van der Waals surface area contributed by atoms with E-state index in [2.05, 4.69) is 5.32 Å². The Labute approximate surface area is 89.9 Å². The zero-order valence-corrected chi connectivity index (χ0v) is 9.42. The summed E-state index contributed by atoms with van der Waals surface area (Å²) >= 11 is 0. The molecule has 1 aromatic carbocycles. The molecule has 1 rings (SSSR count). The SMILES string of the molecule is CCS(=O)(=O)c1ccc(NCCO)cc1. The molecule has 0 aliphatic rings. The smallest absolute Gasteiger partial charge is 0.178 e. The van der Waals surface area contributed by atoms with Crippen LogP contribution in [0.5, 0.6) is 0 Å². The van der Waals surface area contributed by atoms with E-state index in [1.807, 2.05) is 0 Å². The van der Waals surface area contributed by atoms with Crippen molar-refractivity contribution < 1.29 is 13.5 Å². The maximum Gasteiger partial charge on any atom is 0.178 e. The van der Waals surface area contributed by atoms with E-state index in [1.165, 1.54) is 0 Å². The summed E-state index contributed by atoms with van der Waals surface area (Å²) in [5.74, 6) is 0.108. The lowest BCUT2D eigenvalue weighted by Gasteiger charge is -2.05. The van der Waals surface area contributed by atoms with Crippen LogP contribution in [0.1, 0.15) is 6.92 Å². The highest BCUT2D eigenvalue weighted by molar-refractivity contribution is 7.91. The fourth-order valence-corrected chi connectivity index (χ4v) is 2.03. The molecular weight excluding hydrogens is 214 g/mol. The molecule has 15 heavy (non-hydrogen) atoms. The second-order valence-electron chi connectivity index (χ2n) is 3.08. The minimum Gasteiger partial charge on any atom is -0.395 e. The van der Waals surface area contributed by atoms with Gasteiger partial charge in [-0.05, 0) is 24.3 Å². The van der Waals surface area contributed by atoms with Crippen LogP contribution >= 0.6 is 0 Å². The van der Waals surface area contributed by atoms with Crippen LogP contribution in [0.4, 0.5) is 5.69 Å². The third kappa shape index (κ3) is 3.21. The molecule has 0 unspecified atom stereocenters. The Kier molecular flexibility index (Phi) is 4.11. The number of aliphatic hydroxyl groups is 1. The third-order valence-electron chi connectivity index (χ3n) is 2.03. The quantitative estimate of drug-likeness (QED) is 0.786. The van der Waals surface area contributed by atoms with Crippen molar-refractivity contribution in [1.82, 2.24) is 0 Å². The van der Waals surface area contributed by atoms with Crippen molar-refractivity contribution in [3.8, 4) is 0 Å². The van der Waals surface area contributed by atoms with Crippen molar-refractivity contribution in [1.29, 1.82) is 0 Å². The molecular formula is C10H15NO3S. The molecule has 0 bridgehead atoms. The highest BCUT2D eigenvalue weighted by Crippen LogP contribution is 2.14. The molecule has 2 N–H and O–H groups in total. The fraction of sp³-hybridized carbons (Fsp3) is 0.400. The molecule has 0 spiro atoms. The molecule has 5 heteroatoms. The lowest BCUT2D eigenvalue weighted by Crippen LogP contribution is -2.06. The molecule has 0 amide bonds. The van der Waals surface area contributed by atoms with Gasteiger partial charge in [0.15, 0.2) is 9.84 Å². The number of hydrogen-bond donors (Lipinski definition) is 2. The summed E-state index contributed by atoms with van der Waals surface area (Å²) in [5, 5.41) is 11.5. The van der Waals surface area contributed by atoms with Gasteiger partial charge in [0.1, 0.15) is 0 Å². The Balaban J connectivity index is 2.81. The first-order valence-electron chi connectivity index (χ1n) is 4.77. The van der Waals surface area contributed by atoms with Gasteiger partial charge in [0, 0.05) is 12.2 Å². The van der Waals surface area contributed by atoms with Crippen molar-refractivity contribution in [3.05, 3.63) is 24.3 Å². The number of hydrogen-bond acceptors (Lipinski definition) is 4. The number of aliphatic hydroxyl groups excluding tert-OH is 1. The van der Waals surface area contributed by atoms with Crippen LogP contribution in [-0.4, -0.2) is 32.4 Å². The molecule has 1 aromatic rings. The molecule has 4 nitrogen and oxygen atoms in total. The van der Waals surface area contributed by atoms with Crippen LogP contribution in [-0.2, 0) is 9.84 Å². The van der Waals surface area contributed by atoms with Crippen molar-refractivity contribution in [3.63, 3.8) is 0 Å². The second kappa shape index (κ2) is 5.14. The Hall–Kier alpha value is -1.07. The summed E-state index contributed by atoms with van der Waals surface area (Å²) in [4.78, 5) is 0.333. The van der Waals surface area contributed by atoms with Crippen LogP contribution in [0.3, 0.4) is 0 Å². The van der Waals surface area contributed by atoms with E-state index < -0.39 is 9.84 Å². The normalized spacial score (nSPS) is 11.3. The zero-order valence-electron chi connectivity index (χ0n) is 8.60. The Morgan fingerprint density at radius 2 is 1.87 bits per heavy atom. The van der Waals surface area contributed by atoms with E-state index in [1.54, 1.807) is 31.2 Å². The predicted octanol–water partition coefficient (Wildman–Crippen LogP) is 0.884. The van der Waals surface area contributed by atoms with Crippen molar-refractivity contribution in [2.24, 2.45) is 0 Å². The largest absolute Gasteiger partial charge is 0.395 e. The summed E-state index contributed by atoms with van der Waals surface area (Å²) in [6.45, 7) is 2.13. The number of nitrogens with one attached hydrogen (secondary N) is 1. The molecule has 0 radical (unpaired) electrons. The zero-order chi connectivity index (χ0) is 11.3. The summed E-state index contributed by atoms with van der Waals surface area (Å²) in [5.41, 5.74) is 0.805. The Bertz CT molecular complexity index is 397. The lowest BCUT2D eigenvalue weighted by atomic mass is 10.3. The first kappa shape index (κ1) is 12.0. The number of rotatable bonds is 5. The molecule has 0 saturated heterocycles. The van der Waals surface area contributed by atoms with E-state index in [9.17, 15) is 8.42 Å². The summed E-state index contributed by atoms with van der Waals surface area (Å²) in [6.07, 6.45) is 0. The molecule has 0 aromatic heterocycles. The van der Waals surface area contributed by atoms with E-state index in [-0.39, 0.29) is 12.4 Å². The van der Waals surface area contributed by atoms with Gasteiger partial charge in [-0.3, -0.25) is 0 Å². The highest BCUT2D eigenvalue weighted by Gasteiger charge is 2.10. The molecule has 0 atom stereocenters. The fourth-order valence-electron chi connectivity index (χ4n) is 1.15. The molecule has 0 saturated carbocycles. The van der Waals surface area contributed by atoms with Crippen molar-refractivity contribution >= 4 is 15.5 Å². The molecule has 0 fully saturated rings. The van der Waals surface area contributed by atoms with E-state index in [0.29, 0.717) is 11.4 Å². The minimum absolute atomic E-state index is 0.0506. The number of sulfone groups is 1. The van der Waals surface area contributed by atoms with E-state index in [0.717, 1.165) is 5.69 Å². The summed E-state index contributed by atoms with van der Waals surface area (Å²) < 4.78 is 22.9. The summed E-state index contributed by atoms with van der Waals surface area (Å²) in [6, 6.07) is 6.52. The van der Waals surface area contributed by atoms with Gasteiger partial charge in [-0.2, -0.15) is 0 Å². The van der Waals surface area contributed by atoms with Gasteiger partial charge in [-0.15, -0.1) is 0 Å². The van der Waals surface area contributed by atoms with Gasteiger partial charge in [-0.25, -0.2) is 8.42 Å². The van der Waals surface area contributed by atoms with Crippen LogP contribution in [0.15, 0.2) is 29.2 Å². The summed E-state index contributed by atoms with van der Waals surface area (Å²) in [7, 11) is -3.11. The van der Waals surface area contributed by atoms with E-state index in [4.69, 9.17) is 5.11 Å². The minimum atomic E-state index is -3.11. The van der Waals surface area contributed by atoms with Crippen LogP contribution in [0.2, 0.25) is 0 Å². The van der Waals surface area contributed by atoms with Crippen LogP contribution in [0.25, 0.3) is 0 Å². The second-order valence-corrected chi connectivity index (χ2v) is 5.36. The van der Waals surface area contributed by atoms with Crippen LogP contribution < -0.4 is 5.32 Å². The van der Waals surface area contributed by atoms with Gasteiger partial charge in [0.05, 0.1) is 17.3 Å².